The van der Waals surface area contributed by atoms with Crippen LogP contribution in [-0.2, 0) is 23.1 Å². The van der Waals surface area contributed by atoms with Crippen molar-refractivity contribution in [3.8, 4) is 0 Å². The number of aryl methyl sites for hydroxylation is 2. The van der Waals surface area contributed by atoms with Crippen LogP contribution in [0.4, 0.5) is 0 Å². The van der Waals surface area contributed by atoms with Crippen molar-refractivity contribution in [1.82, 2.24) is 30.2 Å². The molecule has 1 aliphatic carbocycles. The number of nitrogens with zero attached hydrogens (tertiary/aromatic N) is 4. The highest BCUT2D eigenvalue weighted by Crippen LogP contribution is 2.28. The normalized spacial score (nSPS) is 19.3. The first-order valence-electron chi connectivity index (χ1n) is 12.4. The minimum absolute atomic E-state index is 0.0172. The number of amides is 3. The average molecular weight is 461 g/mol. The zero-order valence-corrected chi connectivity index (χ0v) is 20.6. The van der Waals surface area contributed by atoms with Gasteiger partial charge in [0, 0.05) is 33.2 Å². The van der Waals surface area contributed by atoms with Crippen LogP contribution in [0, 0.1) is 5.92 Å². The summed E-state index contributed by atoms with van der Waals surface area (Å²) in [7, 11) is 3.54. The van der Waals surface area contributed by atoms with Gasteiger partial charge in [-0.25, -0.2) is 0 Å². The predicted octanol–water partition coefficient (Wildman–Crippen LogP) is 1.33. The summed E-state index contributed by atoms with van der Waals surface area (Å²) >= 11 is 0. The monoisotopic (exact) mass is 460 g/mol. The van der Waals surface area contributed by atoms with Gasteiger partial charge in [0.2, 0.25) is 11.8 Å². The number of likely N-dealkylation sites (N-methyl/N-ethyl adjacent to an activating group) is 1. The molecule has 9 nitrogen and oxygen atoms in total. The quantitative estimate of drug-likeness (QED) is 0.610. The van der Waals surface area contributed by atoms with Crippen molar-refractivity contribution in [2.24, 2.45) is 13.0 Å². The lowest BCUT2D eigenvalue weighted by Gasteiger charge is -2.39. The van der Waals surface area contributed by atoms with E-state index in [0.717, 1.165) is 44.2 Å². The molecule has 0 spiro atoms. The zero-order valence-electron chi connectivity index (χ0n) is 20.6. The predicted molar refractivity (Wildman–Crippen MR) is 127 cm³/mol. The molecule has 3 rings (SSSR count). The molecule has 2 atom stereocenters. The highest BCUT2D eigenvalue weighted by atomic mass is 16.2. The molecule has 3 amide bonds. The minimum atomic E-state index is -0.496. The van der Waals surface area contributed by atoms with E-state index in [2.05, 4.69) is 22.7 Å². The Balaban J connectivity index is 1.63. The van der Waals surface area contributed by atoms with Gasteiger partial charge >= 0.3 is 0 Å². The van der Waals surface area contributed by atoms with E-state index in [1.807, 2.05) is 11.0 Å². The number of carbonyl (C=O) groups excluding carboxylic acids is 3. The second-order valence-electron chi connectivity index (χ2n) is 9.41. The maximum atomic E-state index is 13.5. The lowest BCUT2D eigenvalue weighted by atomic mass is 9.83. The van der Waals surface area contributed by atoms with Crippen LogP contribution >= 0.6 is 0 Å². The summed E-state index contributed by atoms with van der Waals surface area (Å²) in [5.74, 6) is -0.0319. The van der Waals surface area contributed by atoms with Gasteiger partial charge < -0.3 is 20.4 Å². The van der Waals surface area contributed by atoms with E-state index in [9.17, 15) is 14.4 Å². The number of carbonyl (C=O) groups is 3. The molecule has 1 saturated carbocycles. The molecular weight excluding hydrogens is 420 g/mol. The molecule has 184 valence electrons. The molecular formula is C24H40N6O3. The third-order valence-electron chi connectivity index (χ3n) is 7.05. The van der Waals surface area contributed by atoms with E-state index < -0.39 is 6.04 Å². The summed E-state index contributed by atoms with van der Waals surface area (Å²) in [4.78, 5) is 42.7. The summed E-state index contributed by atoms with van der Waals surface area (Å²) < 4.78 is 1.66. The molecule has 0 radical (unpaired) electrons. The standard InChI is InChI=1S/C24H40N6O3/c1-5-9-19-16-20(28(4)27-19)23(32)29-12-14-30(15-13-29)24(33)21(18-10-7-6-8-11-18)26-22(31)17(2)25-3/h16-18,21,25H,5-15H2,1-4H3,(H,26,31)/t17-,21-/m0/s1. The Hall–Kier alpha value is -2.42. The van der Waals surface area contributed by atoms with Crippen LogP contribution in [0.25, 0.3) is 0 Å². The Bertz CT molecular complexity index is 824. The Labute approximate surface area is 197 Å². The largest absolute Gasteiger partial charge is 0.343 e. The van der Waals surface area contributed by atoms with Gasteiger partial charge in [-0.1, -0.05) is 32.6 Å². The van der Waals surface area contributed by atoms with Crippen molar-refractivity contribution in [3.63, 3.8) is 0 Å². The maximum Gasteiger partial charge on any atom is 0.272 e. The second kappa shape index (κ2) is 11.6. The summed E-state index contributed by atoms with van der Waals surface area (Å²) in [6.45, 7) is 5.81. The molecule has 0 bridgehead atoms. The summed E-state index contributed by atoms with van der Waals surface area (Å²) in [6.07, 6.45) is 7.14. The lowest BCUT2D eigenvalue weighted by molar-refractivity contribution is -0.140. The molecule has 1 aromatic heterocycles. The number of aromatic nitrogens is 2. The molecule has 1 saturated heterocycles. The Morgan fingerprint density at radius 2 is 1.73 bits per heavy atom. The first-order chi connectivity index (χ1) is 15.8. The van der Waals surface area contributed by atoms with Crippen LogP contribution in [-0.4, -0.2) is 82.6 Å². The minimum Gasteiger partial charge on any atom is -0.343 e. The molecule has 2 aliphatic rings. The molecule has 1 aromatic rings. The van der Waals surface area contributed by atoms with Gasteiger partial charge in [0.15, 0.2) is 0 Å². The maximum absolute atomic E-state index is 13.5. The fraction of sp³-hybridized carbons (Fsp3) is 0.750. The van der Waals surface area contributed by atoms with Gasteiger partial charge in [0.05, 0.1) is 11.7 Å². The van der Waals surface area contributed by atoms with Crippen LogP contribution in [0.5, 0.6) is 0 Å². The SMILES string of the molecule is CCCc1cc(C(=O)N2CCN(C(=O)[C@@H](NC(=O)[C@H](C)NC)C3CCCCC3)CC2)n(C)n1. The zero-order chi connectivity index (χ0) is 24.0. The number of piperazine rings is 1. The van der Waals surface area contributed by atoms with Crippen molar-refractivity contribution in [1.29, 1.82) is 0 Å². The van der Waals surface area contributed by atoms with Crippen LogP contribution in [0.3, 0.4) is 0 Å². The smallest absolute Gasteiger partial charge is 0.272 e. The fourth-order valence-corrected chi connectivity index (χ4v) is 4.85. The topological polar surface area (TPSA) is 99.6 Å². The average Bonchev–Trinajstić information content (AvgIpc) is 3.21. The molecule has 1 aliphatic heterocycles. The second-order valence-corrected chi connectivity index (χ2v) is 9.41. The van der Waals surface area contributed by atoms with E-state index in [1.165, 1.54) is 6.42 Å². The van der Waals surface area contributed by atoms with Crippen LogP contribution < -0.4 is 10.6 Å². The lowest BCUT2D eigenvalue weighted by Crippen LogP contribution is -2.59. The molecule has 2 N–H and O–H groups in total. The molecule has 9 heteroatoms. The van der Waals surface area contributed by atoms with E-state index in [1.54, 1.807) is 30.6 Å². The Kier molecular flexibility index (Phi) is 8.88. The number of hydrogen-bond donors (Lipinski definition) is 2. The van der Waals surface area contributed by atoms with Crippen molar-refractivity contribution in [3.05, 3.63) is 17.5 Å². The van der Waals surface area contributed by atoms with E-state index >= 15 is 0 Å². The molecule has 2 fully saturated rings. The highest BCUT2D eigenvalue weighted by molar-refractivity contribution is 5.93. The molecule has 2 heterocycles. The van der Waals surface area contributed by atoms with Crippen LogP contribution in [0.1, 0.15) is 68.6 Å². The van der Waals surface area contributed by atoms with E-state index in [-0.39, 0.29) is 29.7 Å². The Morgan fingerprint density at radius 3 is 2.33 bits per heavy atom. The molecule has 0 unspecified atom stereocenters. The van der Waals surface area contributed by atoms with Crippen LogP contribution in [0.15, 0.2) is 6.07 Å². The third kappa shape index (κ3) is 6.13. The van der Waals surface area contributed by atoms with Gasteiger partial charge in [-0.3, -0.25) is 19.1 Å². The summed E-state index contributed by atoms with van der Waals surface area (Å²) in [5.41, 5.74) is 1.52. The van der Waals surface area contributed by atoms with E-state index in [0.29, 0.717) is 31.9 Å². The van der Waals surface area contributed by atoms with E-state index in [4.69, 9.17) is 0 Å². The summed E-state index contributed by atoms with van der Waals surface area (Å²) in [6, 6.07) is 1.03. The van der Waals surface area contributed by atoms with Crippen molar-refractivity contribution < 1.29 is 14.4 Å². The van der Waals surface area contributed by atoms with Gasteiger partial charge in [-0.15, -0.1) is 0 Å². The van der Waals surface area contributed by atoms with Crippen molar-refractivity contribution in [2.75, 3.05) is 33.2 Å². The first-order valence-corrected chi connectivity index (χ1v) is 12.4. The first kappa shape index (κ1) is 25.2. The van der Waals surface area contributed by atoms with Gasteiger partial charge in [-0.2, -0.15) is 5.10 Å². The number of rotatable bonds is 8. The van der Waals surface area contributed by atoms with Gasteiger partial charge in [0.25, 0.3) is 5.91 Å². The fourth-order valence-electron chi connectivity index (χ4n) is 4.85. The molecule has 0 aromatic carbocycles. The van der Waals surface area contributed by atoms with Gasteiger partial charge in [0.1, 0.15) is 11.7 Å². The summed E-state index contributed by atoms with van der Waals surface area (Å²) in [5, 5.41) is 10.4. The van der Waals surface area contributed by atoms with Crippen molar-refractivity contribution in [2.45, 2.75) is 70.9 Å². The Morgan fingerprint density at radius 1 is 1.09 bits per heavy atom. The number of hydrogen-bond acceptors (Lipinski definition) is 5. The van der Waals surface area contributed by atoms with Crippen molar-refractivity contribution >= 4 is 17.7 Å². The number of nitrogens with one attached hydrogen (secondary N) is 2. The third-order valence-corrected chi connectivity index (χ3v) is 7.05. The highest BCUT2D eigenvalue weighted by Gasteiger charge is 2.36. The molecule has 33 heavy (non-hydrogen) atoms. The van der Waals surface area contributed by atoms with Gasteiger partial charge in [-0.05, 0) is 45.2 Å². The van der Waals surface area contributed by atoms with Crippen LogP contribution in [0.2, 0.25) is 0 Å².